The van der Waals surface area contributed by atoms with Crippen LogP contribution in [-0.2, 0) is 4.74 Å². The fourth-order valence-corrected chi connectivity index (χ4v) is 1.07. The summed E-state index contributed by atoms with van der Waals surface area (Å²) in [4.78, 5) is 2.22. The predicted octanol–water partition coefficient (Wildman–Crippen LogP) is 1.27. The number of hydrogen-bond donors (Lipinski definition) is 1. The number of nitrogens with zero attached hydrogens (tertiary/aromatic N) is 1. The highest BCUT2D eigenvalue weighted by molar-refractivity contribution is 7.80. The molecule has 0 spiro atoms. The van der Waals surface area contributed by atoms with Gasteiger partial charge in [0.1, 0.15) is 0 Å². The summed E-state index contributed by atoms with van der Waals surface area (Å²) in [5.74, 6) is 0.915. The molecule has 3 heteroatoms. The van der Waals surface area contributed by atoms with Crippen molar-refractivity contribution in [1.29, 1.82) is 0 Å². The van der Waals surface area contributed by atoms with Gasteiger partial charge in [-0.3, -0.25) is 0 Å². The monoisotopic (exact) mass is 177 g/mol. The van der Waals surface area contributed by atoms with Crippen molar-refractivity contribution < 1.29 is 4.74 Å². The van der Waals surface area contributed by atoms with Gasteiger partial charge in [-0.1, -0.05) is 0 Å². The van der Waals surface area contributed by atoms with Crippen LogP contribution in [0.4, 0.5) is 0 Å². The smallest absolute Gasteiger partial charge is 0.0596 e. The normalized spacial score (nSPS) is 11.5. The van der Waals surface area contributed by atoms with Crippen molar-refractivity contribution in [2.75, 3.05) is 32.5 Å². The van der Waals surface area contributed by atoms with Crippen LogP contribution in [0.5, 0.6) is 0 Å². The highest BCUT2D eigenvalue weighted by atomic mass is 32.1. The highest BCUT2D eigenvalue weighted by Gasteiger charge is 1.97. The molecule has 0 amide bonds. The second-order valence-electron chi connectivity index (χ2n) is 2.95. The van der Waals surface area contributed by atoms with Crippen molar-refractivity contribution in [2.24, 2.45) is 0 Å². The van der Waals surface area contributed by atoms with Crippen molar-refractivity contribution in [2.45, 2.75) is 20.0 Å². The molecule has 2 nitrogen and oxygen atoms in total. The quantitative estimate of drug-likeness (QED) is 0.614. The summed E-state index contributed by atoms with van der Waals surface area (Å²) < 4.78 is 5.39. The molecule has 0 N–H and O–H groups in total. The molecule has 0 aromatic heterocycles. The van der Waals surface area contributed by atoms with Gasteiger partial charge in [-0.2, -0.15) is 12.6 Å². The lowest BCUT2D eigenvalue weighted by Gasteiger charge is -2.15. The Kier molecular flexibility index (Phi) is 7.12. The fraction of sp³-hybridized carbons (Fsp3) is 1.00. The molecule has 0 atom stereocenters. The number of ether oxygens (including phenoxy) is 1. The number of rotatable bonds is 6. The maximum absolute atomic E-state index is 5.39. The third-order valence-corrected chi connectivity index (χ3v) is 1.61. The van der Waals surface area contributed by atoms with Gasteiger partial charge in [-0.05, 0) is 20.9 Å². The second kappa shape index (κ2) is 6.95. The maximum Gasteiger partial charge on any atom is 0.0596 e. The standard InChI is InChI=1S/C8H19NOS/c1-8(2)10-6-4-9(3)5-7-11/h8,11H,4-7H2,1-3H3. The molecule has 0 saturated heterocycles. The Hall–Kier alpha value is 0.270. The topological polar surface area (TPSA) is 12.5 Å². The average Bonchev–Trinajstić information content (AvgIpc) is 1.87. The van der Waals surface area contributed by atoms with E-state index < -0.39 is 0 Å². The largest absolute Gasteiger partial charge is 0.377 e. The van der Waals surface area contributed by atoms with E-state index in [4.69, 9.17) is 4.74 Å². The van der Waals surface area contributed by atoms with Crippen LogP contribution in [0.3, 0.4) is 0 Å². The molecule has 0 aliphatic rings. The van der Waals surface area contributed by atoms with Crippen LogP contribution in [0.25, 0.3) is 0 Å². The molecule has 0 aliphatic carbocycles. The van der Waals surface area contributed by atoms with E-state index in [0.29, 0.717) is 6.10 Å². The Morgan fingerprint density at radius 3 is 2.45 bits per heavy atom. The predicted molar refractivity (Wildman–Crippen MR) is 52.4 cm³/mol. The first-order chi connectivity index (χ1) is 5.16. The second-order valence-corrected chi connectivity index (χ2v) is 3.39. The van der Waals surface area contributed by atoms with Crippen LogP contribution in [0.15, 0.2) is 0 Å². The number of thiol groups is 1. The molecule has 0 unspecified atom stereocenters. The van der Waals surface area contributed by atoms with Gasteiger partial charge in [0, 0.05) is 18.8 Å². The zero-order chi connectivity index (χ0) is 8.69. The summed E-state index contributed by atoms with van der Waals surface area (Å²) in [7, 11) is 2.08. The molecule has 0 aromatic carbocycles. The maximum atomic E-state index is 5.39. The SMILES string of the molecule is CC(C)OCCN(C)CCS. The molecule has 11 heavy (non-hydrogen) atoms. The zero-order valence-corrected chi connectivity index (χ0v) is 8.60. The molecule has 0 bridgehead atoms. The fourth-order valence-electron chi connectivity index (χ4n) is 0.727. The highest BCUT2D eigenvalue weighted by Crippen LogP contribution is 1.89. The molecular weight excluding hydrogens is 158 g/mol. The first-order valence-corrected chi connectivity index (χ1v) is 4.71. The Balaban J connectivity index is 3.10. The van der Waals surface area contributed by atoms with Crippen molar-refractivity contribution in [3.05, 3.63) is 0 Å². The molecule has 0 aromatic rings. The number of hydrogen-bond acceptors (Lipinski definition) is 3. The van der Waals surface area contributed by atoms with Gasteiger partial charge in [0.2, 0.25) is 0 Å². The molecule has 0 aliphatic heterocycles. The molecule has 68 valence electrons. The van der Waals surface area contributed by atoms with E-state index >= 15 is 0 Å². The lowest BCUT2D eigenvalue weighted by Crippen LogP contribution is -2.26. The minimum absolute atomic E-state index is 0.347. The van der Waals surface area contributed by atoms with Gasteiger partial charge in [0.15, 0.2) is 0 Å². The summed E-state index contributed by atoms with van der Waals surface area (Å²) in [6.07, 6.45) is 0.347. The van der Waals surface area contributed by atoms with Gasteiger partial charge in [0.05, 0.1) is 12.7 Å². The van der Waals surface area contributed by atoms with E-state index in [0.717, 1.165) is 25.4 Å². The minimum Gasteiger partial charge on any atom is -0.377 e. The average molecular weight is 177 g/mol. The summed E-state index contributed by atoms with van der Waals surface area (Å²) >= 11 is 4.14. The summed E-state index contributed by atoms with van der Waals surface area (Å²) in [6, 6.07) is 0. The van der Waals surface area contributed by atoms with E-state index in [2.05, 4.69) is 38.4 Å². The first kappa shape index (κ1) is 11.3. The van der Waals surface area contributed by atoms with Crippen LogP contribution < -0.4 is 0 Å². The Morgan fingerprint density at radius 1 is 1.36 bits per heavy atom. The zero-order valence-electron chi connectivity index (χ0n) is 7.71. The van der Waals surface area contributed by atoms with E-state index in [-0.39, 0.29) is 0 Å². The lowest BCUT2D eigenvalue weighted by atomic mass is 10.5. The van der Waals surface area contributed by atoms with Crippen molar-refractivity contribution in [3.63, 3.8) is 0 Å². The third kappa shape index (κ3) is 8.17. The summed E-state index contributed by atoms with van der Waals surface area (Å²) in [5.41, 5.74) is 0. The van der Waals surface area contributed by atoms with Gasteiger partial charge >= 0.3 is 0 Å². The van der Waals surface area contributed by atoms with Gasteiger partial charge in [0.25, 0.3) is 0 Å². The summed E-state index contributed by atoms with van der Waals surface area (Å²) in [5, 5.41) is 0. The van der Waals surface area contributed by atoms with Crippen LogP contribution in [0.1, 0.15) is 13.8 Å². The Labute approximate surface area is 75.3 Å². The lowest BCUT2D eigenvalue weighted by molar-refractivity contribution is 0.0649. The van der Waals surface area contributed by atoms with E-state index in [1.54, 1.807) is 0 Å². The van der Waals surface area contributed by atoms with E-state index in [9.17, 15) is 0 Å². The summed E-state index contributed by atoms with van der Waals surface area (Å²) in [6.45, 7) is 6.96. The van der Waals surface area contributed by atoms with Crippen molar-refractivity contribution in [1.82, 2.24) is 4.90 Å². The van der Waals surface area contributed by atoms with Crippen LogP contribution in [0.2, 0.25) is 0 Å². The van der Waals surface area contributed by atoms with Gasteiger partial charge < -0.3 is 9.64 Å². The number of likely N-dealkylation sites (N-methyl/N-ethyl adjacent to an activating group) is 1. The molecule has 0 saturated carbocycles. The molecule has 0 radical (unpaired) electrons. The first-order valence-electron chi connectivity index (χ1n) is 4.07. The molecule has 0 rings (SSSR count). The minimum atomic E-state index is 0.347. The van der Waals surface area contributed by atoms with Crippen LogP contribution in [0, 0.1) is 0 Å². The third-order valence-electron chi connectivity index (χ3n) is 1.41. The van der Waals surface area contributed by atoms with Crippen LogP contribution in [-0.4, -0.2) is 43.5 Å². The van der Waals surface area contributed by atoms with Gasteiger partial charge in [-0.15, -0.1) is 0 Å². The van der Waals surface area contributed by atoms with E-state index in [1.165, 1.54) is 0 Å². The molecule has 0 fully saturated rings. The Bertz CT molecular complexity index is 88.2. The molecular formula is C8H19NOS. The van der Waals surface area contributed by atoms with Crippen molar-refractivity contribution >= 4 is 12.6 Å². The van der Waals surface area contributed by atoms with Crippen molar-refractivity contribution in [3.8, 4) is 0 Å². The van der Waals surface area contributed by atoms with E-state index in [1.807, 2.05) is 0 Å². The Morgan fingerprint density at radius 2 is 2.00 bits per heavy atom. The van der Waals surface area contributed by atoms with Gasteiger partial charge in [-0.25, -0.2) is 0 Å². The van der Waals surface area contributed by atoms with Crippen LogP contribution >= 0.6 is 12.6 Å². The molecule has 0 heterocycles.